The molecule has 0 atom stereocenters. The second kappa shape index (κ2) is 12.4. The fourth-order valence-electron chi connectivity index (χ4n) is 2.82. The fraction of sp³-hybridized carbons (Fsp3) is 0.611. The molecule has 1 aromatic rings. The van der Waals surface area contributed by atoms with Gasteiger partial charge in [-0.1, -0.05) is 18.2 Å². The summed E-state index contributed by atoms with van der Waals surface area (Å²) < 4.78 is 30.6. The molecule has 0 unspecified atom stereocenters. The Morgan fingerprint density at radius 1 is 1.26 bits per heavy atom. The van der Waals surface area contributed by atoms with Crippen LogP contribution in [-0.4, -0.2) is 64.4 Å². The number of benzene rings is 1. The van der Waals surface area contributed by atoms with Crippen molar-refractivity contribution in [1.29, 1.82) is 0 Å². The Morgan fingerprint density at radius 3 is 2.52 bits per heavy atom. The standard InChI is InChI=1S/C18H30N4O3S.HI/c1-3-19-18(20-12-7-13-21-26(2,23)24)22-14-10-17(11-15-22)25-16-8-5-4-6-9-16;/h4-6,8-9,17,21H,3,7,10-15H2,1-2H3,(H,19,20);1H. The summed E-state index contributed by atoms with van der Waals surface area (Å²) in [6.07, 6.45) is 3.98. The van der Waals surface area contributed by atoms with Crippen molar-refractivity contribution in [2.24, 2.45) is 4.99 Å². The molecule has 0 radical (unpaired) electrons. The van der Waals surface area contributed by atoms with Crippen LogP contribution >= 0.6 is 24.0 Å². The molecule has 1 aromatic carbocycles. The molecule has 7 nitrogen and oxygen atoms in total. The number of nitrogens with one attached hydrogen (secondary N) is 2. The van der Waals surface area contributed by atoms with E-state index in [-0.39, 0.29) is 30.1 Å². The Hall–Kier alpha value is -1.07. The fourth-order valence-corrected chi connectivity index (χ4v) is 3.34. The molecule has 0 aliphatic carbocycles. The van der Waals surface area contributed by atoms with Crippen LogP contribution in [0.2, 0.25) is 0 Å². The number of sulfonamides is 1. The van der Waals surface area contributed by atoms with Crippen LogP contribution in [0.3, 0.4) is 0 Å². The second-order valence-electron chi connectivity index (χ2n) is 6.37. The molecule has 1 heterocycles. The molecule has 1 aliphatic rings. The van der Waals surface area contributed by atoms with E-state index >= 15 is 0 Å². The Labute approximate surface area is 180 Å². The lowest BCUT2D eigenvalue weighted by atomic mass is 10.1. The van der Waals surface area contributed by atoms with E-state index < -0.39 is 10.0 Å². The Morgan fingerprint density at radius 2 is 1.93 bits per heavy atom. The van der Waals surface area contributed by atoms with Crippen molar-refractivity contribution in [3.8, 4) is 5.75 Å². The molecule has 154 valence electrons. The van der Waals surface area contributed by atoms with Gasteiger partial charge in [0.15, 0.2) is 5.96 Å². The third kappa shape index (κ3) is 9.61. The van der Waals surface area contributed by atoms with Crippen LogP contribution in [-0.2, 0) is 10.0 Å². The van der Waals surface area contributed by atoms with Crippen molar-refractivity contribution >= 4 is 40.0 Å². The molecule has 2 N–H and O–H groups in total. The van der Waals surface area contributed by atoms with Crippen LogP contribution in [0.1, 0.15) is 26.2 Å². The Balaban J connectivity index is 0.00000364. The predicted molar refractivity (Wildman–Crippen MR) is 121 cm³/mol. The number of likely N-dealkylation sites (tertiary alicyclic amines) is 1. The molecule has 2 rings (SSSR count). The first kappa shape index (κ1) is 24.0. The SMILES string of the molecule is CCNC(=NCCCNS(C)(=O)=O)N1CCC(Oc2ccccc2)CC1.I. The van der Waals surface area contributed by atoms with Gasteiger partial charge in [0.1, 0.15) is 11.9 Å². The minimum absolute atomic E-state index is 0. The molecule has 0 bridgehead atoms. The summed E-state index contributed by atoms with van der Waals surface area (Å²) in [5.41, 5.74) is 0. The van der Waals surface area contributed by atoms with Crippen LogP contribution in [0, 0.1) is 0 Å². The van der Waals surface area contributed by atoms with Crippen LogP contribution in [0.5, 0.6) is 5.75 Å². The summed E-state index contributed by atoms with van der Waals surface area (Å²) in [7, 11) is -3.13. The molecule has 9 heteroatoms. The zero-order chi connectivity index (χ0) is 18.8. The van der Waals surface area contributed by atoms with Gasteiger partial charge in [-0.3, -0.25) is 4.99 Å². The van der Waals surface area contributed by atoms with Crippen molar-refractivity contribution in [2.45, 2.75) is 32.3 Å². The van der Waals surface area contributed by atoms with Gasteiger partial charge in [0.05, 0.1) is 6.26 Å². The number of ether oxygens (including phenoxy) is 1. The van der Waals surface area contributed by atoms with Crippen LogP contribution in [0.4, 0.5) is 0 Å². The lowest BCUT2D eigenvalue weighted by Gasteiger charge is -2.34. The van der Waals surface area contributed by atoms with Gasteiger partial charge in [-0.2, -0.15) is 0 Å². The largest absolute Gasteiger partial charge is 0.490 e. The van der Waals surface area contributed by atoms with Gasteiger partial charge in [-0.15, -0.1) is 24.0 Å². The first-order valence-electron chi connectivity index (χ1n) is 9.17. The topological polar surface area (TPSA) is 83.0 Å². The number of halogens is 1. The third-order valence-electron chi connectivity index (χ3n) is 4.08. The maximum atomic E-state index is 11.1. The molecule has 27 heavy (non-hydrogen) atoms. The highest BCUT2D eigenvalue weighted by molar-refractivity contribution is 14.0. The van der Waals surface area contributed by atoms with E-state index in [0.717, 1.165) is 44.2 Å². The van der Waals surface area contributed by atoms with E-state index in [9.17, 15) is 8.42 Å². The first-order chi connectivity index (χ1) is 12.5. The van der Waals surface area contributed by atoms with Crippen LogP contribution in [0.15, 0.2) is 35.3 Å². The number of hydrogen-bond donors (Lipinski definition) is 2. The minimum Gasteiger partial charge on any atom is -0.490 e. The summed E-state index contributed by atoms with van der Waals surface area (Å²) in [4.78, 5) is 6.87. The van der Waals surface area contributed by atoms with Crippen LogP contribution < -0.4 is 14.8 Å². The number of hydrogen-bond acceptors (Lipinski definition) is 4. The third-order valence-corrected chi connectivity index (χ3v) is 4.81. The van der Waals surface area contributed by atoms with E-state index in [1.165, 1.54) is 6.26 Å². The highest BCUT2D eigenvalue weighted by atomic mass is 127. The average Bonchev–Trinajstić information content (AvgIpc) is 2.61. The Kier molecular flexibility index (Phi) is 11.0. The van der Waals surface area contributed by atoms with E-state index in [1.54, 1.807) is 0 Å². The number of guanidine groups is 1. The van der Waals surface area contributed by atoms with Gasteiger partial charge in [-0.05, 0) is 25.5 Å². The predicted octanol–water partition coefficient (Wildman–Crippen LogP) is 2.05. The first-order valence-corrected chi connectivity index (χ1v) is 11.1. The maximum Gasteiger partial charge on any atom is 0.208 e. The minimum atomic E-state index is -3.13. The van der Waals surface area contributed by atoms with Crippen molar-refractivity contribution in [1.82, 2.24) is 14.9 Å². The van der Waals surface area contributed by atoms with Crippen molar-refractivity contribution in [2.75, 3.05) is 39.0 Å². The molecule has 1 fully saturated rings. The summed E-state index contributed by atoms with van der Waals surface area (Å²) in [5, 5.41) is 3.32. The smallest absolute Gasteiger partial charge is 0.208 e. The maximum absolute atomic E-state index is 11.1. The van der Waals surface area contributed by atoms with E-state index in [4.69, 9.17) is 4.74 Å². The van der Waals surface area contributed by atoms with Crippen molar-refractivity contribution in [3.05, 3.63) is 30.3 Å². The Bertz CT molecular complexity index is 662. The van der Waals surface area contributed by atoms with Crippen molar-refractivity contribution < 1.29 is 13.2 Å². The van der Waals surface area contributed by atoms with E-state index in [2.05, 4.69) is 19.9 Å². The lowest BCUT2D eigenvalue weighted by molar-refractivity contribution is 0.129. The number of nitrogens with zero attached hydrogens (tertiary/aromatic N) is 2. The number of aliphatic imine (C=N–C) groups is 1. The van der Waals surface area contributed by atoms with Crippen LogP contribution in [0.25, 0.3) is 0 Å². The average molecular weight is 510 g/mol. The molecule has 0 aromatic heterocycles. The van der Waals surface area contributed by atoms with E-state index in [1.807, 2.05) is 37.3 Å². The summed E-state index contributed by atoms with van der Waals surface area (Å²) in [6, 6.07) is 9.93. The number of rotatable bonds is 8. The van der Waals surface area contributed by atoms with Gasteiger partial charge in [0.2, 0.25) is 10.0 Å². The normalized spacial score (nSPS) is 15.9. The van der Waals surface area contributed by atoms with Gasteiger partial charge in [-0.25, -0.2) is 13.1 Å². The van der Waals surface area contributed by atoms with Gasteiger partial charge in [0.25, 0.3) is 0 Å². The number of piperidine rings is 1. The molecule has 0 spiro atoms. The van der Waals surface area contributed by atoms with Gasteiger partial charge in [0, 0.05) is 45.6 Å². The zero-order valence-corrected chi connectivity index (χ0v) is 19.2. The van der Waals surface area contributed by atoms with Gasteiger partial charge >= 0.3 is 0 Å². The molecule has 1 saturated heterocycles. The summed E-state index contributed by atoms with van der Waals surface area (Å²) in [6.45, 7) is 5.64. The second-order valence-corrected chi connectivity index (χ2v) is 8.21. The quantitative estimate of drug-likeness (QED) is 0.242. The summed E-state index contributed by atoms with van der Waals surface area (Å²) >= 11 is 0. The zero-order valence-electron chi connectivity index (χ0n) is 16.1. The highest BCUT2D eigenvalue weighted by Gasteiger charge is 2.22. The molecule has 0 saturated carbocycles. The lowest BCUT2D eigenvalue weighted by Crippen LogP contribution is -2.47. The van der Waals surface area contributed by atoms with Crippen molar-refractivity contribution in [3.63, 3.8) is 0 Å². The number of para-hydroxylation sites is 1. The molecular weight excluding hydrogens is 479 g/mol. The molecular formula is C18H31IN4O3S. The van der Waals surface area contributed by atoms with E-state index in [0.29, 0.717) is 19.5 Å². The highest BCUT2D eigenvalue weighted by Crippen LogP contribution is 2.18. The molecule has 1 aliphatic heterocycles. The monoisotopic (exact) mass is 510 g/mol. The summed E-state index contributed by atoms with van der Waals surface area (Å²) in [5.74, 6) is 1.81. The van der Waals surface area contributed by atoms with Gasteiger partial charge < -0.3 is 15.0 Å². The molecule has 0 amide bonds.